The van der Waals surface area contributed by atoms with Crippen molar-refractivity contribution in [1.82, 2.24) is 0 Å². The molecule has 0 bridgehead atoms. The summed E-state index contributed by atoms with van der Waals surface area (Å²) in [6.45, 7) is 1.89. The highest BCUT2D eigenvalue weighted by atomic mass is 35.5. The van der Waals surface area contributed by atoms with Gasteiger partial charge in [-0.3, -0.25) is 4.79 Å². The van der Waals surface area contributed by atoms with E-state index in [0.29, 0.717) is 10.7 Å². The molecule has 120 valence electrons. The van der Waals surface area contributed by atoms with Crippen molar-refractivity contribution in [1.29, 1.82) is 0 Å². The van der Waals surface area contributed by atoms with Gasteiger partial charge < -0.3 is 10.2 Å². The molecule has 1 heterocycles. The first-order valence-electron chi connectivity index (χ1n) is 7.35. The molecule has 1 aliphatic heterocycles. The highest BCUT2D eigenvalue weighted by Gasteiger charge is 2.19. The summed E-state index contributed by atoms with van der Waals surface area (Å²) in [5.74, 6) is -0.871. The van der Waals surface area contributed by atoms with E-state index in [4.69, 9.17) is 23.2 Å². The maximum Gasteiger partial charge on any atom is 0.257 e. The molecule has 1 fully saturated rings. The summed E-state index contributed by atoms with van der Waals surface area (Å²) in [5.41, 5.74) is 1.78. The van der Waals surface area contributed by atoms with Crippen LogP contribution in [0.5, 0.6) is 0 Å². The molecular weight excluding hydrogens is 338 g/mol. The molecule has 3 nitrogen and oxygen atoms in total. The van der Waals surface area contributed by atoms with Crippen molar-refractivity contribution in [3.8, 4) is 0 Å². The minimum Gasteiger partial charge on any atom is -0.370 e. The summed E-state index contributed by atoms with van der Waals surface area (Å²) >= 11 is 12.0. The van der Waals surface area contributed by atoms with Crippen molar-refractivity contribution in [2.45, 2.75) is 12.8 Å². The van der Waals surface area contributed by atoms with E-state index in [1.807, 2.05) is 6.07 Å². The minimum atomic E-state index is -0.480. The minimum absolute atomic E-state index is 0.0762. The van der Waals surface area contributed by atoms with E-state index < -0.39 is 11.7 Å². The van der Waals surface area contributed by atoms with Gasteiger partial charge in [0, 0.05) is 18.1 Å². The van der Waals surface area contributed by atoms with E-state index in [-0.39, 0.29) is 10.6 Å². The normalized spacial score (nSPS) is 14.1. The summed E-state index contributed by atoms with van der Waals surface area (Å²) in [6, 6.07) is 9.11. The molecule has 1 N–H and O–H groups in total. The molecule has 1 aliphatic rings. The molecule has 1 amide bonds. The van der Waals surface area contributed by atoms with Crippen LogP contribution in [0.25, 0.3) is 0 Å². The van der Waals surface area contributed by atoms with Crippen LogP contribution in [0, 0.1) is 5.82 Å². The molecule has 2 aromatic rings. The van der Waals surface area contributed by atoms with Crippen LogP contribution in [-0.2, 0) is 0 Å². The lowest BCUT2D eigenvalue weighted by Gasteiger charge is -2.22. The maximum atomic E-state index is 13.1. The predicted octanol–water partition coefficient (Wildman–Crippen LogP) is 4.99. The molecule has 1 saturated heterocycles. The summed E-state index contributed by atoms with van der Waals surface area (Å²) in [4.78, 5) is 14.7. The van der Waals surface area contributed by atoms with Gasteiger partial charge in [-0.15, -0.1) is 0 Å². The monoisotopic (exact) mass is 352 g/mol. The zero-order valence-corrected chi connectivity index (χ0v) is 13.8. The Morgan fingerprint density at radius 2 is 1.83 bits per heavy atom. The van der Waals surface area contributed by atoms with E-state index in [9.17, 15) is 9.18 Å². The summed E-state index contributed by atoms with van der Waals surface area (Å²) in [5, 5.41) is 3.44. The number of carbonyl (C=O) groups excluding carboxylic acids is 1. The number of nitrogens with one attached hydrogen (secondary N) is 1. The molecule has 23 heavy (non-hydrogen) atoms. The number of hydrogen-bond donors (Lipinski definition) is 1. The van der Waals surface area contributed by atoms with Crippen LogP contribution in [0.3, 0.4) is 0 Å². The van der Waals surface area contributed by atoms with Crippen molar-refractivity contribution in [2.24, 2.45) is 0 Å². The smallest absolute Gasteiger partial charge is 0.257 e. The fraction of sp³-hybridized carbons (Fsp3) is 0.235. The number of benzene rings is 2. The first-order valence-corrected chi connectivity index (χ1v) is 8.11. The third-order valence-corrected chi connectivity index (χ3v) is 4.38. The molecule has 0 aromatic heterocycles. The second-order valence-electron chi connectivity index (χ2n) is 5.43. The van der Waals surface area contributed by atoms with Crippen molar-refractivity contribution in [3.63, 3.8) is 0 Å². The number of halogens is 3. The van der Waals surface area contributed by atoms with Gasteiger partial charge in [-0.2, -0.15) is 0 Å². The van der Waals surface area contributed by atoms with Crippen LogP contribution in [0.1, 0.15) is 23.2 Å². The average Bonchev–Trinajstić information content (AvgIpc) is 3.01. The van der Waals surface area contributed by atoms with E-state index in [2.05, 4.69) is 10.2 Å². The number of hydrogen-bond acceptors (Lipinski definition) is 2. The van der Waals surface area contributed by atoms with Gasteiger partial charge in [-0.25, -0.2) is 4.39 Å². The topological polar surface area (TPSA) is 32.3 Å². The quantitative estimate of drug-likeness (QED) is 0.844. The number of rotatable bonds is 3. The van der Waals surface area contributed by atoms with E-state index in [0.717, 1.165) is 37.7 Å². The Labute approximate surface area is 144 Å². The standard InChI is InChI=1S/C17H15Cl2FN2O/c18-11-3-6-16(22-7-1-2-8-22)15(9-11)21-17(23)13-5-4-12(20)10-14(13)19/h3-6,9-10H,1-2,7-8H2,(H,21,23). The zero-order chi connectivity index (χ0) is 16.4. The molecule has 0 aliphatic carbocycles. The molecule has 6 heteroatoms. The Kier molecular flexibility index (Phi) is 4.74. The van der Waals surface area contributed by atoms with Crippen molar-refractivity contribution >= 4 is 40.5 Å². The lowest BCUT2D eigenvalue weighted by atomic mass is 10.2. The Morgan fingerprint density at radius 1 is 1.09 bits per heavy atom. The number of nitrogens with zero attached hydrogens (tertiary/aromatic N) is 1. The molecule has 0 radical (unpaired) electrons. The zero-order valence-electron chi connectivity index (χ0n) is 12.3. The molecule has 0 saturated carbocycles. The summed E-state index contributed by atoms with van der Waals surface area (Å²) in [7, 11) is 0. The van der Waals surface area contributed by atoms with Crippen molar-refractivity contribution < 1.29 is 9.18 Å². The highest BCUT2D eigenvalue weighted by Crippen LogP contribution is 2.32. The van der Waals surface area contributed by atoms with Gasteiger partial charge in [0.25, 0.3) is 5.91 Å². The van der Waals surface area contributed by atoms with E-state index >= 15 is 0 Å². The number of carbonyl (C=O) groups is 1. The highest BCUT2D eigenvalue weighted by molar-refractivity contribution is 6.34. The Morgan fingerprint density at radius 3 is 2.52 bits per heavy atom. The third kappa shape index (κ3) is 3.59. The van der Waals surface area contributed by atoms with Gasteiger partial charge >= 0.3 is 0 Å². The lowest BCUT2D eigenvalue weighted by molar-refractivity contribution is 0.102. The molecular formula is C17H15Cl2FN2O. The largest absolute Gasteiger partial charge is 0.370 e. The van der Waals surface area contributed by atoms with Gasteiger partial charge in [-0.05, 0) is 49.2 Å². The molecule has 0 spiro atoms. The van der Waals surface area contributed by atoms with E-state index in [1.54, 1.807) is 12.1 Å². The van der Waals surface area contributed by atoms with Gasteiger partial charge in [-0.1, -0.05) is 23.2 Å². The first-order chi connectivity index (χ1) is 11.0. The van der Waals surface area contributed by atoms with Crippen LogP contribution in [0.2, 0.25) is 10.0 Å². The summed E-state index contributed by atoms with van der Waals surface area (Å²) in [6.07, 6.45) is 2.25. The van der Waals surface area contributed by atoms with E-state index in [1.165, 1.54) is 12.1 Å². The Hall–Kier alpha value is -1.78. The SMILES string of the molecule is O=C(Nc1cc(Cl)ccc1N1CCCC1)c1ccc(F)cc1Cl. The fourth-order valence-electron chi connectivity index (χ4n) is 2.71. The Bertz CT molecular complexity index is 745. The van der Waals surface area contributed by atoms with Crippen LogP contribution < -0.4 is 10.2 Å². The average molecular weight is 353 g/mol. The van der Waals surface area contributed by atoms with Gasteiger partial charge in [0.1, 0.15) is 5.82 Å². The molecule has 3 rings (SSSR count). The lowest BCUT2D eigenvalue weighted by Crippen LogP contribution is -2.21. The number of amides is 1. The van der Waals surface area contributed by atoms with Crippen LogP contribution >= 0.6 is 23.2 Å². The second-order valence-corrected chi connectivity index (χ2v) is 6.28. The van der Waals surface area contributed by atoms with Crippen molar-refractivity contribution in [3.05, 3.63) is 57.8 Å². The van der Waals surface area contributed by atoms with Crippen LogP contribution in [0.15, 0.2) is 36.4 Å². The van der Waals surface area contributed by atoms with Crippen LogP contribution in [-0.4, -0.2) is 19.0 Å². The third-order valence-electron chi connectivity index (χ3n) is 3.83. The Balaban J connectivity index is 1.89. The fourth-order valence-corrected chi connectivity index (χ4v) is 3.13. The van der Waals surface area contributed by atoms with Gasteiger partial charge in [0.2, 0.25) is 0 Å². The maximum absolute atomic E-state index is 13.1. The summed E-state index contributed by atoms with van der Waals surface area (Å²) < 4.78 is 13.1. The van der Waals surface area contributed by atoms with Crippen molar-refractivity contribution in [2.75, 3.05) is 23.3 Å². The molecule has 0 atom stereocenters. The molecule has 2 aromatic carbocycles. The van der Waals surface area contributed by atoms with Crippen LogP contribution in [0.4, 0.5) is 15.8 Å². The van der Waals surface area contributed by atoms with Gasteiger partial charge in [0.15, 0.2) is 0 Å². The molecule has 0 unspecified atom stereocenters. The van der Waals surface area contributed by atoms with Gasteiger partial charge in [0.05, 0.1) is 22.0 Å². The second kappa shape index (κ2) is 6.77. The first kappa shape index (κ1) is 16.1. The number of anilines is 2. The predicted molar refractivity (Wildman–Crippen MR) is 92.3 cm³/mol.